The van der Waals surface area contributed by atoms with Gasteiger partial charge in [-0.25, -0.2) is 18.8 Å². The van der Waals surface area contributed by atoms with E-state index in [4.69, 9.17) is 4.42 Å². The molecule has 0 saturated carbocycles. The number of aliphatic imine (C=N–C) groups is 1. The quantitative estimate of drug-likeness (QED) is 0.756. The Hall–Kier alpha value is -3.23. The van der Waals surface area contributed by atoms with Crippen molar-refractivity contribution < 1.29 is 23.4 Å². The number of amides is 3. The summed E-state index contributed by atoms with van der Waals surface area (Å²) in [6, 6.07) is 1.54. The van der Waals surface area contributed by atoms with Crippen LogP contribution in [0, 0.1) is 6.92 Å². The number of rotatable bonds is 4. The molecule has 2 aliphatic heterocycles. The molecule has 0 aliphatic carbocycles. The Morgan fingerprint density at radius 3 is 2.78 bits per heavy atom. The number of amidine groups is 1. The molecule has 3 amide bonds. The average Bonchev–Trinajstić information content (AvgIpc) is 3.31. The molecule has 2 aromatic heterocycles. The molecule has 4 heterocycles. The van der Waals surface area contributed by atoms with Crippen LogP contribution in [0.3, 0.4) is 0 Å². The Morgan fingerprint density at radius 1 is 1.41 bits per heavy atom. The van der Waals surface area contributed by atoms with Crippen LogP contribution in [-0.4, -0.2) is 51.0 Å². The molecule has 2 atom stereocenters. The molecule has 140 valence electrons. The number of furan rings is 1. The van der Waals surface area contributed by atoms with E-state index in [0.29, 0.717) is 18.3 Å². The third kappa shape index (κ3) is 2.42. The van der Waals surface area contributed by atoms with Gasteiger partial charge in [-0.05, 0) is 32.9 Å². The van der Waals surface area contributed by atoms with E-state index in [-0.39, 0.29) is 5.78 Å². The van der Waals surface area contributed by atoms with Crippen molar-refractivity contribution in [2.45, 2.75) is 39.4 Å². The van der Waals surface area contributed by atoms with Crippen LogP contribution in [0.4, 0.5) is 10.7 Å². The molecule has 2 unspecified atom stereocenters. The summed E-state index contributed by atoms with van der Waals surface area (Å²) in [6.07, 6.45) is 3.43. The number of Topliss-reactive ketones (excluding diaryl/α,β-unsaturated/α-hetero) is 1. The van der Waals surface area contributed by atoms with Crippen molar-refractivity contribution >= 4 is 29.5 Å². The zero-order valence-corrected chi connectivity index (χ0v) is 15.5. The standard InChI is InChI=1S/C18H20N5O4/c1-10-8-22-14-15(19-17(22)21(10)9-13-6-5-7-27-13)20(4)18(26)23(16(14)25)11(2)12(3)24/h5-8,11,14H,9H2,1-4H3/q+1. The number of imide groups is 1. The number of carbonyl (C=O) groups is 3. The van der Waals surface area contributed by atoms with Crippen LogP contribution < -0.4 is 4.57 Å². The fourth-order valence-corrected chi connectivity index (χ4v) is 3.49. The van der Waals surface area contributed by atoms with Crippen LogP contribution in [0.1, 0.15) is 31.3 Å². The fourth-order valence-electron chi connectivity index (χ4n) is 3.49. The lowest BCUT2D eigenvalue weighted by Gasteiger charge is -2.35. The van der Waals surface area contributed by atoms with Crippen LogP contribution >= 0.6 is 0 Å². The molecule has 1 saturated heterocycles. The summed E-state index contributed by atoms with van der Waals surface area (Å²) in [5.41, 5.74) is 0.905. The first-order valence-corrected chi connectivity index (χ1v) is 8.64. The Bertz CT molecular complexity index is 988. The summed E-state index contributed by atoms with van der Waals surface area (Å²) in [7, 11) is 1.57. The summed E-state index contributed by atoms with van der Waals surface area (Å²) >= 11 is 0. The lowest BCUT2D eigenvalue weighted by molar-refractivity contribution is -0.677. The highest BCUT2D eigenvalue weighted by Gasteiger charge is 2.54. The van der Waals surface area contributed by atoms with E-state index in [0.717, 1.165) is 16.4 Å². The van der Waals surface area contributed by atoms with Gasteiger partial charge in [0.25, 0.3) is 5.91 Å². The zero-order valence-electron chi connectivity index (χ0n) is 15.5. The summed E-state index contributed by atoms with van der Waals surface area (Å²) in [6.45, 7) is 5.31. The number of carbonyl (C=O) groups excluding carboxylic acids is 3. The molecule has 2 aromatic rings. The minimum atomic E-state index is -0.829. The van der Waals surface area contributed by atoms with E-state index in [2.05, 4.69) is 4.99 Å². The highest BCUT2D eigenvalue weighted by molar-refractivity contribution is 6.20. The maximum Gasteiger partial charge on any atom is 0.402 e. The number of hydrogen-bond acceptors (Lipinski definition) is 5. The second-order valence-electron chi connectivity index (χ2n) is 6.85. The number of fused-ring (bicyclic) bond motifs is 3. The van der Waals surface area contributed by atoms with Gasteiger partial charge in [-0.15, -0.1) is 0 Å². The SMILES string of the molecule is CC(=O)C(C)N1C(=O)C2C(=Nc3n(Cc4ccco4)c(C)c[n+]32)N(C)C1=O. The molecule has 1 fully saturated rings. The molecular formula is C18H20N5O4+. The van der Waals surface area contributed by atoms with Gasteiger partial charge in [0.15, 0.2) is 5.78 Å². The van der Waals surface area contributed by atoms with Crippen LogP contribution in [0.15, 0.2) is 34.0 Å². The highest BCUT2D eigenvalue weighted by Crippen LogP contribution is 2.30. The first-order chi connectivity index (χ1) is 12.8. The smallest absolute Gasteiger partial charge is 0.402 e. The van der Waals surface area contributed by atoms with E-state index in [1.807, 2.05) is 29.8 Å². The van der Waals surface area contributed by atoms with Crippen molar-refractivity contribution in [3.63, 3.8) is 0 Å². The van der Waals surface area contributed by atoms with Crippen molar-refractivity contribution in [1.29, 1.82) is 0 Å². The second-order valence-corrected chi connectivity index (χ2v) is 6.85. The first kappa shape index (κ1) is 17.2. The fraction of sp³-hybridized carbons (Fsp3) is 0.389. The Kier molecular flexibility index (Phi) is 3.76. The number of aromatic nitrogens is 2. The number of nitrogens with zero attached hydrogens (tertiary/aromatic N) is 5. The topological polar surface area (TPSA) is 92.0 Å². The number of likely N-dealkylation sites (N-methyl/N-ethyl adjacent to an activating group) is 1. The molecule has 9 heteroatoms. The van der Waals surface area contributed by atoms with Crippen molar-refractivity contribution in [3.05, 3.63) is 36.0 Å². The maximum absolute atomic E-state index is 13.1. The van der Waals surface area contributed by atoms with Crippen LogP contribution in [0.2, 0.25) is 0 Å². The number of ketones is 1. The first-order valence-electron chi connectivity index (χ1n) is 8.64. The minimum Gasteiger partial charge on any atom is -0.466 e. The van der Waals surface area contributed by atoms with Crippen LogP contribution in [0.25, 0.3) is 0 Å². The molecule has 4 rings (SSSR count). The Labute approximate surface area is 155 Å². The highest BCUT2D eigenvalue weighted by atomic mass is 16.3. The van der Waals surface area contributed by atoms with Crippen LogP contribution in [-0.2, 0) is 16.1 Å². The van der Waals surface area contributed by atoms with Crippen molar-refractivity contribution in [1.82, 2.24) is 14.4 Å². The van der Waals surface area contributed by atoms with Crippen molar-refractivity contribution in [2.24, 2.45) is 4.99 Å². The van der Waals surface area contributed by atoms with E-state index in [9.17, 15) is 14.4 Å². The van der Waals surface area contributed by atoms with Gasteiger partial charge >= 0.3 is 12.0 Å². The lowest BCUT2D eigenvalue weighted by atomic mass is 10.1. The van der Waals surface area contributed by atoms with E-state index in [1.54, 1.807) is 24.8 Å². The van der Waals surface area contributed by atoms with E-state index in [1.165, 1.54) is 11.8 Å². The molecule has 9 nitrogen and oxygen atoms in total. The van der Waals surface area contributed by atoms with Gasteiger partial charge in [0.1, 0.15) is 24.2 Å². The molecule has 0 spiro atoms. The van der Waals surface area contributed by atoms with Gasteiger partial charge in [0, 0.05) is 7.05 Å². The summed E-state index contributed by atoms with van der Waals surface area (Å²) < 4.78 is 9.09. The Morgan fingerprint density at radius 2 is 2.15 bits per heavy atom. The summed E-state index contributed by atoms with van der Waals surface area (Å²) in [5.74, 6) is 0.989. The molecule has 0 radical (unpaired) electrons. The zero-order chi connectivity index (χ0) is 19.5. The van der Waals surface area contributed by atoms with Crippen molar-refractivity contribution in [3.8, 4) is 0 Å². The molecule has 0 bridgehead atoms. The van der Waals surface area contributed by atoms with Gasteiger partial charge in [-0.1, -0.05) is 4.99 Å². The number of aryl methyl sites for hydroxylation is 1. The predicted octanol–water partition coefficient (Wildman–Crippen LogP) is 1.18. The van der Waals surface area contributed by atoms with Crippen molar-refractivity contribution in [2.75, 3.05) is 7.05 Å². The molecule has 2 aliphatic rings. The maximum atomic E-state index is 13.1. The van der Waals surface area contributed by atoms with Gasteiger partial charge in [-0.3, -0.25) is 14.5 Å². The van der Waals surface area contributed by atoms with E-state index < -0.39 is 24.0 Å². The average molecular weight is 370 g/mol. The number of imidazole rings is 1. The summed E-state index contributed by atoms with van der Waals surface area (Å²) in [4.78, 5) is 44.5. The van der Waals surface area contributed by atoms with E-state index >= 15 is 0 Å². The van der Waals surface area contributed by atoms with Gasteiger partial charge in [0.2, 0.25) is 11.9 Å². The lowest BCUT2D eigenvalue weighted by Crippen LogP contribution is -2.65. The predicted molar refractivity (Wildman–Crippen MR) is 93.5 cm³/mol. The third-order valence-corrected chi connectivity index (χ3v) is 5.14. The van der Waals surface area contributed by atoms with Crippen LogP contribution in [0.5, 0.6) is 0 Å². The summed E-state index contributed by atoms with van der Waals surface area (Å²) in [5, 5.41) is 0. The normalized spacial score (nSPS) is 19.9. The molecule has 27 heavy (non-hydrogen) atoms. The Balaban J connectivity index is 1.78. The largest absolute Gasteiger partial charge is 0.466 e. The number of hydrogen-bond donors (Lipinski definition) is 0. The number of urea groups is 1. The minimum absolute atomic E-state index is 0.250. The third-order valence-electron chi connectivity index (χ3n) is 5.14. The molecule has 0 aromatic carbocycles. The van der Waals surface area contributed by atoms with Gasteiger partial charge in [0.05, 0.1) is 12.3 Å². The van der Waals surface area contributed by atoms with Gasteiger partial charge < -0.3 is 4.42 Å². The molecular weight excluding hydrogens is 350 g/mol. The monoisotopic (exact) mass is 370 g/mol. The second kappa shape index (κ2) is 5.90. The molecule has 0 N–H and O–H groups in total. The van der Waals surface area contributed by atoms with Gasteiger partial charge in [-0.2, -0.15) is 0 Å².